The first kappa shape index (κ1) is 13.2. The van der Waals surface area contributed by atoms with Crippen LogP contribution in [-0.4, -0.2) is 6.08 Å². The molecule has 0 amide bonds. The molecule has 0 saturated heterocycles. The Labute approximate surface area is 112 Å². The highest BCUT2D eigenvalue weighted by Crippen LogP contribution is 2.31. The number of hydrogen-bond donors (Lipinski definition) is 0. The summed E-state index contributed by atoms with van der Waals surface area (Å²) in [5, 5.41) is -0.125. The summed E-state index contributed by atoms with van der Waals surface area (Å²) in [6, 6.07) is 7.68. The minimum Gasteiger partial charge on any atom is -0.451 e. The Morgan fingerprint density at radius 1 is 1.16 bits per heavy atom. The number of aliphatic imine (C=N–C) groups is 1. The third-order valence-electron chi connectivity index (χ3n) is 2.23. The van der Waals surface area contributed by atoms with E-state index in [0.717, 1.165) is 6.07 Å². The highest BCUT2D eigenvalue weighted by molar-refractivity contribution is 6.30. The van der Waals surface area contributed by atoms with Gasteiger partial charge in [-0.15, -0.1) is 0 Å². The molecule has 2 aromatic rings. The molecule has 19 heavy (non-hydrogen) atoms. The van der Waals surface area contributed by atoms with Crippen LogP contribution in [0.2, 0.25) is 5.02 Å². The average molecular weight is 282 g/mol. The second-order valence-corrected chi connectivity index (χ2v) is 3.88. The Balaban J connectivity index is 2.33. The van der Waals surface area contributed by atoms with Gasteiger partial charge in [0.25, 0.3) is 0 Å². The van der Waals surface area contributed by atoms with Gasteiger partial charge in [-0.1, -0.05) is 17.7 Å². The molecule has 0 spiro atoms. The van der Waals surface area contributed by atoms with Gasteiger partial charge in [0.1, 0.15) is 0 Å². The van der Waals surface area contributed by atoms with E-state index in [1.807, 2.05) is 0 Å². The lowest BCUT2D eigenvalue weighted by molar-refractivity contribution is 0.415. The first-order valence-corrected chi connectivity index (χ1v) is 5.49. The molecule has 0 unspecified atom stereocenters. The first-order chi connectivity index (χ1) is 9.11. The van der Waals surface area contributed by atoms with E-state index in [0.29, 0.717) is 0 Å². The first-order valence-electron chi connectivity index (χ1n) is 5.11. The lowest BCUT2D eigenvalue weighted by Crippen LogP contribution is -1.91. The molecule has 0 aromatic heterocycles. The third kappa shape index (κ3) is 2.96. The molecule has 3 nitrogen and oxygen atoms in total. The smallest absolute Gasteiger partial charge is 0.240 e. The van der Waals surface area contributed by atoms with Crippen LogP contribution in [0, 0.1) is 11.6 Å². The maximum absolute atomic E-state index is 13.6. The van der Waals surface area contributed by atoms with E-state index in [1.165, 1.54) is 36.4 Å². The number of rotatable bonds is 3. The highest BCUT2D eigenvalue weighted by atomic mass is 35.5. The van der Waals surface area contributed by atoms with Gasteiger partial charge in [0.2, 0.25) is 6.08 Å². The summed E-state index contributed by atoms with van der Waals surface area (Å²) < 4.78 is 32.3. The number of isocyanates is 1. The molecule has 0 aliphatic carbocycles. The molecule has 6 heteroatoms. The van der Waals surface area contributed by atoms with Gasteiger partial charge in [-0.3, -0.25) is 0 Å². The van der Waals surface area contributed by atoms with Crippen LogP contribution in [0.15, 0.2) is 41.4 Å². The molecule has 0 atom stereocenters. The molecular formula is C13H6ClF2NO2. The monoisotopic (exact) mass is 281 g/mol. The van der Waals surface area contributed by atoms with Crippen LogP contribution in [0.25, 0.3) is 0 Å². The summed E-state index contributed by atoms with van der Waals surface area (Å²) in [5.74, 6) is -1.96. The molecule has 2 rings (SSSR count). The van der Waals surface area contributed by atoms with Crippen molar-refractivity contribution in [2.75, 3.05) is 0 Å². The van der Waals surface area contributed by atoms with Gasteiger partial charge in [0, 0.05) is 6.07 Å². The minimum atomic E-state index is -0.782. The maximum Gasteiger partial charge on any atom is 0.240 e. The quantitative estimate of drug-likeness (QED) is 0.618. The van der Waals surface area contributed by atoms with Crippen molar-refractivity contribution in [3.8, 4) is 11.5 Å². The van der Waals surface area contributed by atoms with E-state index in [4.69, 9.17) is 16.3 Å². The topological polar surface area (TPSA) is 38.7 Å². The van der Waals surface area contributed by atoms with Gasteiger partial charge < -0.3 is 4.74 Å². The number of benzene rings is 2. The van der Waals surface area contributed by atoms with E-state index in [1.54, 1.807) is 0 Å². The third-order valence-corrected chi connectivity index (χ3v) is 2.52. The van der Waals surface area contributed by atoms with E-state index >= 15 is 0 Å². The van der Waals surface area contributed by atoms with E-state index in [-0.39, 0.29) is 22.2 Å². The number of hydrogen-bond acceptors (Lipinski definition) is 3. The molecule has 0 saturated carbocycles. The molecule has 0 radical (unpaired) electrons. The summed E-state index contributed by atoms with van der Waals surface area (Å²) in [6.07, 6.45) is 1.29. The molecule has 0 aliphatic rings. The molecule has 2 aromatic carbocycles. The number of nitrogens with zero attached hydrogens (tertiary/aromatic N) is 1. The van der Waals surface area contributed by atoms with Crippen molar-refractivity contribution in [2.45, 2.75) is 0 Å². The molecule has 0 aliphatic heterocycles. The van der Waals surface area contributed by atoms with Crippen molar-refractivity contribution in [2.24, 2.45) is 4.99 Å². The minimum absolute atomic E-state index is 0.0893. The zero-order chi connectivity index (χ0) is 13.8. The number of ether oxygens (including phenoxy) is 1. The fraction of sp³-hybridized carbons (Fsp3) is 0. The Morgan fingerprint density at radius 3 is 2.63 bits per heavy atom. The van der Waals surface area contributed by atoms with Gasteiger partial charge in [0.05, 0.1) is 10.7 Å². The predicted molar refractivity (Wildman–Crippen MR) is 65.7 cm³/mol. The van der Waals surface area contributed by atoms with Crippen LogP contribution in [-0.2, 0) is 4.79 Å². The van der Waals surface area contributed by atoms with Gasteiger partial charge >= 0.3 is 0 Å². The van der Waals surface area contributed by atoms with Crippen LogP contribution >= 0.6 is 11.6 Å². The standard InChI is InChI=1S/C13H6ClF2NO2/c14-9-2-1-3-12(13(9)16)19-11-5-4-8(17-7-18)6-10(11)15/h1-6H. The van der Waals surface area contributed by atoms with Crippen molar-refractivity contribution in [3.05, 3.63) is 53.1 Å². The van der Waals surface area contributed by atoms with Crippen LogP contribution in [0.3, 0.4) is 0 Å². The molecule has 0 heterocycles. The van der Waals surface area contributed by atoms with Crippen molar-refractivity contribution >= 4 is 23.4 Å². The van der Waals surface area contributed by atoms with Gasteiger partial charge in [-0.05, 0) is 24.3 Å². The second kappa shape index (κ2) is 5.61. The van der Waals surface area contributed by atoms with Crippen LogP contribution < -0.4 is 4.74 Å². The Bertz CT molecular complexity index is 670. The Morgan fingerprint density at radius 2 is 1.95 bits per heavy atom. The van der Waals surface area contributed by atoms with Crippen LogP contribution in [0.1, 0.15) is 0 Å². The molecule has 0 bridgehead atoms. The predicted octanol–water partition coefficient (Wildman–Crippen LogP) is 4.38. The van der Waals surface area contributed by atoms with Crippen molar-refractivity contribution < 1.29 is 18.3 Å². The van der Waals surface area contributed by atoms with Crippen molar-refractivity contribution in [1.82, 2.24) is 0 Å². The van der Waals surface area contributed by atoms with E-state index in [9.17, 15) is 13.6 Å². The van der Waals surface area contributed by atoms with Gasteiger partial charge in [-0.25, -0.2) is 13.6 Å². The summed E-state index contributed by atoms with van der Waals surface area (Å²) in [6.45, 7) is 0. The van der Waals surface area contributed by atoms with E-state index < -0.39 is 11.6 Å². The largest absolute Gasteiger partial charge is 0.451 e. The summed E-state index contributed by atoms with van der Waals surface area (Å²) in [5.41, 5.74) is 0.0893. The highest BCUT2D eigenvalue weighted by Gasteiger charge is 2.11. The molecule has 96 valence electrons. The Hall–Kier alpha value is -2.23. The molecule has 0 fully saturated rings. The zero-order valence-electron chi connectivity index (χ0n) is 9.36. The molecule has 0 N–H and O–H groups in total. The summed E-state index contributed by atoms with van der Waals surface area (Å²) in [7, 11) is 0. The number of halogens is 3. The van der Waals surface area contributed by atoms with Crippen molar-refractivity contribution in [3.63, 3.8) is 0 Å². The normalized spacial score (nSPS) is 9.84. The number of carbonyl (C=O) groups excluding carboxylic acids is 1. The van der Waals surface area contributed by atoms with Gasteiger partial charge in [0.15, 0.2) is 23.1 Å². The van der Waals surface area contributed by atoms with Crippen molar-refractivity contribution in [1.29, 1.82) is 0 Å². The zero-order valence-corrected chi connectivity index (χ0v) is 10.1. The molecular weight excluding hydrogens is 276 g/mol. The average Bonchev–Trinajstić information content (AvgIpc) is 2.38. The maximum atomic E-state index is 13.6. The van der Waals surface area contributed by atoms with Crippen LogP contribution in [0.5, 0.6) is 11.5 Å². The van der Waals surface area contributed by atoms with Gasteiger partial charge in [-0.2, -0.15) is 4.99 Å². The Kier molecular flexibility index (Phi) is 3.90. The summed E-state index contributed by atoms with van der Waals surface area (Å²) in [4.78, 5) is 13.3. The second-order valence-electron chi connectivity index (χ2n) is 3.47. The van der Waals surface area contributed by atoms with Crippen LogP contribution in [0.4, 0.5) is 14.5 Å². The summed E-state index contributed by atoms with van der Waals surface area (Å²) >= 11 is 5.58. The fourth-order valence-electron chi connectivity index (χ4n) is 1.38. The lowest BCUT2D eigenvalue weighted by atomic mass is 10.3. The fourth-order valence-corrected chi connectivity index (χ4v) is 1.54. The van der Waals surface area contributed by atoms with E-state index in [2.05, 4.69) is 4.99 Å². The SMILES string of the molecule is O=C=Nc1ccc(Oc2cccc(Cl)c2F)c(F)c1. The lowest BCUT2D eigenvalue weighted by Gasteiger charge is -2.08.